The maximum Gasteiger partial charge on any atom is 0.308 e. The molecule has 0 saturated carbocycles. The average Bonchev–Trinajstić information content (AvgIpc) is 2.87. The molecule has 1 fully saturated rings. The van der Waals surface area contributed by atoms with Crippen molar-refractivity contribution >= 4 is 23.2 Å². The first kappa shape index (κ1) is 13.0. The minimum absolute atomic E-state index is 0.0438. The Morgan fingerprint density at radius 3 is 3.00 bits per heavy atom. The highest BCUT2D eigenvalue weighted by molar-refractivity contribution is 7.09. The molecule has 6 heteroatoms. The van der Waals surface area contributed by atoms with Gasteiger partial charge in [-0.25, -0.2) is 4.98 Å². The van der Waals surface area contributed by atoms with Crippen LogP contribution in [-0.4, -0.2) is 40.0 Å². The van der Waals surface area contributed by atoms with Crippen molar-refractivity contribution in [2.75, 3.05) is 13.1 Å². The van der Waals surface area contributed by atoms with Gasteiger partial charge in [0.1, 0.15) is 0 Å². The summed E-state index contributed by atoms with van der Waals surface area (Å²) >= 11 is 1.63. The fourth-order valence-corrected chi connectivity index (χ4v) is 2.91. The van der Waals surface area contributed by atoms with Gasteiger partial charge in [-0.05, 0) is 13.3 Å². The normalized spacial score (nSPS) is 19.5. The lowest BCUT2D eigenvalue weighted by atomic mass is 10.1. The van der Waals surface area contributed by atoms with E-state index in [-0.39, 0.29) is 12.3 Å². The first-order chi connectivity index (χ1) is 8.56. The lowest BCUT2D eigenvalue weighted by Gasteiger charge is -2.15. The fraction of sp³-hybridized carbons (Fsp3) is 0.583. The topological polar surface area (TPSA) is 70.5 Å². The highest BCUT2D eigenvalue weighted by Gasteiger charge is 2.33. The molecule has 1 N–H and O–H groups in total. The van der Waals surface area contributed by atoms with Crippen LogP contribution in [0.3, 0.4) is 0 Å². The molecule has 98 valence electrons. The van der Waals surface area contributed by atoms with Crippen molar-refractivity contribution in [3.05, 3.63) is 16.1 Å². The molecule has 1 saturated heterocycles. The number of carboxylic acids is 1. The van der Waals surface area contributed by atoms with Gasteiger partial charge < -0.3 is 10.0 Å². The Kier molecular flexibility index (Phi) is 3.96. The van der Waals surface area contributed by atoms with Gasteiger partial charge in [0.15, 0.2) is 0 Å². The molecule has 0 aliphatic carbocycles. The van der Waals surface area contributed by atoms with Crippen LogP contribution >= 0.6 is 11.3 Å². The fourth-order valence-electron chi connectivity index (χ4n) is 2.09. The van der Waals surface area contributed by atoms with Crippen LogP contribution in [0.2, 0.25) is 0 Å². The van der Waals surface area contributed by atoms with Gasteiger partial charge in [-0.2, -0.15) is 0 Å². The highest BCUT2D eigenvalue weighted by atomic mass is 32.1. The number of aromatic nitrogens is 1. The number of nitrogens with zero attached hydrogens (tertiary/aromatic N) is 2. The summed E-state index contributed by atoms with van der Waals surface area (Å²) in [5, 5.41) is 12.0. The van der Waals surface area contributed by atoms with Gasteiger partial charge >= 0.3 is 5.97 Å². The Morgan fingerprint density at radius 2 is 2.44 bits per heavy atom. The number of hydrogen-bond acceptors (Lipinski definition) is 4. The van der Waals surface area contributed by atoms with Crippen molar-refractivity contribution in [2.45, 2.75) is 26.2 Å². The smallest absolute Gasteiger partial charge is 0.308 e. The number of likely N-dealkylation sites (tertiary alicyclic amines) is 1. The Hall–Kier alpha value is -1.43. The van der Waals surface area contributed by atoms with Gasteiger partial charge in [0, 0.05) is 37.0 Å². The predicted molar refractivity (Wildman–Crippen MR) is 67.5 cm³/mol. The standard InChI is InChI=1S/C12H16N2O3S/c1-8-7-18-10(13-8)3-2-4-14-6-9(12(16)17)5-11(14)15/h7,9H,2-6H2,1H3,(H,16,17)/t9-/m1/s1. The van der Waals surface area contributed by atoms with E-state index in [2.05, 4.69) is 4.98 Å². The van der Waals surface area contributed by atoms with Crippen molar-refractivity contribution in [1.82, 2.24) is 9.88 Å². The summed E-state index contributed by atoms with van der Waals surface area (Å²) in [6, 6.07) is 0. The third-order valence-corrected chi connectivity index (χ3v) is 4.08. The molecule has 1 aromatic rings. The summed E-state index contributed by atoms with van der Waals surface area (Å²) < 4.78 is 0. The first-order valence-corrected chi connectivity index (χ1v) is 6.86. The molecular weight excluding hydrogens is 252 g/mol. The quantitative estimate of drug-likeness (QED) is 0.874. The van der Waals surface area contributed by atoms with Crippen LogP contribution in [0, 0.1) is 12.8 Å². The van der Waals surface area contributed by atoms with E-state index in [4.69, 9.17) is 5.11 Å². The second-order valence-corrected chi connectivity index (χ2v) is 5.51. The lowest BCUT2D eigenvalue weighted by molar-refractivity contribution is -0.141. The lowest BCUT2D eigenvalue weighted by Crippen LogP contribution is -2.27. The minimum Gasteiger partial charge on any atom is -0.481 e. The summed E-state index contributed by atoms with van der Waals surface area (Å²) in [7, 11) is 0. The van der Waals surface area contributed by atoms with Crippen LogP contribution in [0.5, 0.6) is 0 Å². The van der Waals surface area contributed by atoms with E-state index in [1.165, 1.54) is 0 Å². The Labute approximate surface area is 109 Å². The Bertz CT molecular complexity index is 458. The zero-order valence-electron chi connectivity index (χ0n) is 10.3. The van der Waals surface area contributed by atoms with Crippen molar-refractivity contribution in [3.8, 4) is 0 Å². The molecule has 1 aromatic heterocycles. The summed E-state index contributed by atoms with van der Waals surface area (Å²) in [4.78, 5) is 28.4. The number of carboxylic acid groups (broad SMARTS) is 1. The van der Waals surface area contributed by atoms with Gasteiger partial charge in [0.25, 0.3) is 0 Å². The van der Waals surface area contributed by atoms with E-state index in [0.717, 1.165) is 23.5 Å². The SMILES string of the molecule is Cc1csc(CCCN2C[C@H](C(=O)O)CC2=O)n1. The van der Waals surface area contributed by atoms with E-state index >= 15 is 0 Å². The number of thiazole rings is 1. The molecule has 1 amide bonds. The minimum atomic E-state index is -0.874. The number of aryl methyl sites for hydroxylation is 2. The maximum absolute atomic E-state index is 11.6. The zero-order chi connectivity index (χ0) is 13.1. The van der Waals surface area contributed by atoms with E-state index in [0.29, 0.717) is 13.1 Å². The molecule has 18 heavy (non-hydrogen) atoms. The van der Waals surface area contributed by atoms with Crippen LogP contribution in [-0.2, 0) is 16.0 Å². The summed E-state index contributed by atoms with van der Waals surface area (Å²) in [5.41, 5.74) is 1.03. The molecule has 1 aliphatic heterocycles. The third kappa shape index (κ3) is 3.07. The van der Waals surface area contributed by atoms with E-state index < -0.39 is 11.9 Å². The van der Waals surface area contributed by atoms with Crippen LogP contribution in [0.15, 0.2) is 5.38 Å². The van der Waals surface area contributed by atoms with Crippen molar-refractivity contribution in [2.24, 2.45) is 5.92 Å². The highest BCUT2D eigenvalue weighted by Crippen LogP contribution is 2.19. The van der Waals surface area contributed by atoms with Crippen LogP contribution in [0.25, 0.3) is 0 Å². The van der Waals surface area contributed by atoms with Crippen molar-refractivity contribution in [3.63, 3.8) is 0 Å². The first-order valence-electron chi connectivity index (χ1n) is 5.98. The van der Waals surface area contributed by atoms with Crippen molar-refractivity contribution in [1.29, 1.82) is 0 Å². The van der Waals surface area contributed by atoms with Crippen LogP contribution in [0.1, 0.15) is 23.5 Å². The number of amides is 1. The number of carbonyl (C=O) groups is 2. The summed E-state index contributed by atoms with van der Waals surface area (Å²) in [6.07, 6.45) is 1.83. The second kappa shape index (κ2) is 5.48. The van der Waals surface area contributed by atoms with Gasteiger partial charge in [0.05, 0.1) is 10.9 Å². The summed E-state index contributed by atoms with van der Waals surface area (Å²) in [6.45, 7) is 2.94. The number of carbonyl (C=O) groups excluding carboxylic acids is 1. The van der Waals surface area contributed by atoms with Gasteiger partial charge in [-0.15, -0.1) is 11.3 Å². The molecule has 5 nitrogen and oxygen atoms in total. The zero-order valence-corrected chi connectivity index (χ0v) is 11.1. The molecule has 2 rings (SSSR count). The van der Waals surface area contributed by atoms with E-state index in [1.54, 1.807) is 16.2 Å². The molecule has 1 aliphatic rings. The molecule has 0 aromatic carbocycles. The molecular formula is C12H16N2O3S. The van der Waals surface area contributed by atoms with Gasteiger partial charge in [-0.1, -0.05) is 0 Å². The van der Waals surface area contributed by atoms with Crippen LogP contribution < -0.4 is 0 Å². The Morgan fingerprint density at radius 1 is 1.67 bits per heavy atom. The molecule has 0 bridgehead atoms. The van der Waals surface area contributed by atoms with Crippen molar-refractivity contribution < 1.29 is 14.7 Å². The van der Waals surface area contributed by atoms with Gasteiger partial charge in [0.2, 0.25) is 5.91 Å². The van der Waals surface area contributed by atoms with Gasteiger partial charge in [-0.3, -0.25) is 9.59 Å². The molecule has 0 radical (unpaired) electrons. The molecule has 0 unspecified atom stereocenters. The number of rotatable bonds is 5. The Balaban J connectivity index is 1.77. The number of hydrogen-bond donors (Lipinski definition) is 1. The van der Waals surface area contributed by atoms with E-state index in [1.807, 2.05) is 12.3 Å². The molecule has 0 spiro atoms. The van der Waals surface area contributed by atoms with E-state index in [9.17, 15) is 9.59 Å². The largest absolute Gasteiger partial charge is 0.481 e. The predicted octanol–water partition coefficient (Wildman–Crippen LogP) is 1.32. The average molecular weight is 268 g/mol. The van der Waals surface area contributed by atoms with Crippen LogP contribution in [0.4, 0.5) is 0 Å². The molecule has 2 heterocycles. The summed E-state index contributed by atoms with van der Waals surface area (Å²) in [5.74, 6) is -1.45. The number of aliphatic carboxylic acids is 1. The second-order valence-electron chi connectivity index (χ2n) is 4.57. The monoisotopic (exact) mass is 268 g/mol. The molecule has 1 atom stereocenters. The third-order valence-electron chi connectivity index (χ3n) is 3.05. The maximum atomic E-state index is 11.6.